The van der Waals surface area contributed by atoms with Crippen LogP contribution in [0.3, 0.4) is 0 Å². The second-order valence-corrected chi connectivity index (χ2v) is 5.98. The lowest BCUT2D eigenvalue weighted by atomic mass is 9.97. The molecule has 2 rings (SSSR count). The van der Waals surface area contributed by atoms with Crippen LogP contribution >= 0.6 is 11.6 Å². The van der Waals surface area contributed by atoms with E-state index >= 15 is 0 Å². The number of rotatable bonds is 7. The summed E-state index contributed by atoms with van der Waals surface area (Å²) in [6.45, 7) is 1.96. The van der Waals surface area contributed by atoms with Gasteiger partial charge in [-0.2, -0.15) is 0 Å². The molecule has 4 nitrogen and oxygen atoms in total. The summed E-state index contributed by atoms with van der Waals surface area (Å²) in [7, 11) is 3.19. The first kappa shape index (κ1) is 16.4. The molecule has 0 aliphatic heterocycles. The first-order valence-corrected chi connectivity index (χ1v) is 7.79. The molecule has 1 aromatic rings. The number of aliphatic hydroxyl groups is 1. The molecule has 118 valence electrons. The number of ether oxygens (including phenoxy) is 2. The van der Waals surface area contributed by atoms with Crippen molar-refractivity contribution in [2.75, 3.05) is 27.4 Å². The molecule has 1 aliphatic carbocycles. The second kappa shape index (κ2) is 7.87. The summed E-state index contributed by atoms with van der Waals surface area (Å²) < 4.78 is 10.5. The van der Waals surface area contributed by atoms with Crippen LogP contribution in [0, 0.1) is 11.8 Å². The van der Waals surface area contributed by atoms with Crippen LogP contribution in [0.2, 0.25) is 5.02 Å². The molecular formula is C16H24ClNO3. The van der Waals surface area contributed by atoms with E-state index in [1.54, 1.807) is 14.2 Å². The highest BCUT2D eigenvalue weighted by molar-refractivity contribution is 6.32. The van der Waals surface area contributed by atoms with Crippen molar-refractivity contribution < 1.29 is 14.6 Å². The normalized spacial score (nSPS) is 21.5. The van der Waals surface area contributed by atoms with E-state index in [1.165, 1.54) is 12.8 Å². The molecule has 1 saturated carbocycles. The minimum Gasteiger partial charge on any atom is -0.493 e. The summed E-state index contributed by atoms with van der Waals surface area (Å²) in [5.74, 6) is 2.24. The summed E-state index contributed by atoms with van der Waals surface area (Å²) >= 11 is 6.20. The first-order chi connectivity index (χ1) is 10.2. The molecule has 1 aliphatic rings. The largest absolute Gasteiger partial charge is 0.493 e. The van der Waals surface area contributed by atoms with Gasteiger partial charge in [0.15, 0.2) is 11.5 Å². The zero-order chi connectivity index (χ0) is 15.2. The maximum Gasteiger partial charge on any atom is 0.179 e. The third kappa shape index (κ3) is 4.02. The van der Waals surface area contributed by atoms with E-state index < -0.39 is 0 Å². The van der Waals surface area contributed by atoms with Crippen molar-refractivity contribution >= 4 is 11.6 Å². The number of halogens is 1. The Morgan fingerprint density at radius 2 is 2.00 bits per heavy atom. The summed E-state index contributed by atoms with van der Waals surface area (Å²) in [5, 5.41) is 13.4. The van der Waals surface area contributed by atoms with Gasteiger partial charge in [-0.25, -0.2) is 0 Å². The van der Waals surface area contributed by atoms with Crippen molar-refractivity contribution in [3.8, 4) is 11.5 Å². The number of nitrogens with one attached hydrogen (secondary N) is 1. The van der Waals surface area contributed by atoms with Gasteiger partial charge in [0.05, 0.1) is 19.2 Å². The molecule has 0 heterocycles. The predicted octanol–water partition coefficient (Wildman–Crippen LogP) is 2.86. The average molecular weight is 314 g/mol. The van der Waals surface area contributed by atoms with Gasteiger partial charge in [-0.05, 0) is 48.9 Å². The SMILES string of the molecule is COc1cc(CNCC2CCCC2CO)cc(Cl)c1OC. The van der Waals surface area contributed by atoms with Gasteiger partial charge < -0.3 is 19.9 Å². The smallest absolute Gasteiger partial charge is 0.179 e. The van der Waals surface area contributed by atoms with Crippen molar-refractivity contribution in [1.29, 1.82) is 0 Å². The summed E-state index contributed by atoms with van der Waals surface area (Å²) in [6, 6.07) is 3.84. The van der Waals surface area contributed by atoms with Gasteiger partial charge in [0.2, 0.25) is 0 Å². The van der Waals surface area contributed by atoms with E-state index in [-0.39, 0.29) is 0 Å². The summed E-state index contributed by atoms with van der Waals surface area (Å²) in [6.07, 6.45) is 3.57. The minimum absolute atomic E-state index is 0.300. The van der Waals surface area contributed by atoms with E-state index in [2.05, 4.69) is 5.32 Å². The Bertz CT molecular complexity index is 467. The molecule has 0 aromatic heterocycles. The van der Waals surface area contributed by atoms with Crippen molar-refractivity contribution in [3.63, 3.8) is 0 Å². The standard InChI is InChI=1S/C16H24ClNO3/c1-20-15-7-11(6-14(17)16(15)21-2)8-18-9-12-4-3-5-13(12)10-19/h6-7,12-13,18-19H,3-5,8-10H2,1-2H3. The highest BCUT2D eigenvalue weighted by atomic mass is 35.5. The summed E-state index contributed by atoms with van der Waals surface area (Å²) in [5.41, 5.74) is 1.07. The van der Waals surface area contributed by atoms with Crippen molar-refractivity contribution in [2.24, 2.45) is 11.8 Å². The van der Waals surface area contributed by atoms with E-state index in [0.29, 0.717) is 35.0 Å². The Balaban J connectivity index is 1.92. The number of benzene rings is 1. The van der Waals surface area contributed by atoms with Gasteiger partial charge in [-0.3, -0.25) is 0 Å². The highest BCUT2D eigenvalue weighted by Crippen LogP contribution is 2.36. The Morgan fingerprint density at radius 3 is 2.67 bits per heavy atom. The predicted molar refractivity (Wildman–Crippen MR) is 84.2 cm³/mol. The average Bonchev–Trinajstić information content (AvgIpc) is 2.94. The van der Waals surface area contributed by atoms with Gasteiger partial charge in [0.25, 0.3) is 0 Å². The molecule has 5 heteroatoms. The van der Waals surface area contributed by atoms with Gasteiger partial charge in [0, 0.05) is 13.2 Å². The van der Waals surface area contributed by atoms with E-state index in [0.717, 1.165) is 25.1 Å². The molecule has 0 amide bonds. The lowest BCUT2D eigenvalue weighted by molar-refractivity contribution is 0.192. The molecule has 0 bridgehead atoms. The monoisotopic (exact) mass is 313 g/mol. The lowest BCUT2D eigenvalue weighted by Gasteiger charge is -2.18. The molecule has 1 fully saturated rings. The number of hydrogen-bond acceptors (Lipinski definition) is 4. The van der Waals surface area contributed by atoms with Crippen LogP contribution in [0.4, 0.5) is 0 Å². The molecule has 2 N–H and O–H groups in total. The highest BCUT2D eigenvalue weighted by Gasteiger charge is 2.25. The Morgan fingerprint density at radius 1 is 1.24 bits per heavy atom. The maximum absolute atomic E-state index is 9.34. The van der Waals surface area contributed by atoms with E-state index in [1.807, 2.05) is 12.1 Å². The third-order valence-corrected chi connectivity index (χ3v) is 4.56. The molecule has 21 heavy (non-hydrogen) atoms. The summed E-state index contributed by atoms with van der Waals surface area (Å²) in [4.78, 5) is 0. The molecule has 2 unspecified atom stereocenters. The third-order valence-electron chi connectivity index (χ3n) is 4.28. The number of hydrogen-bond donors (Lipinski definition) is 2. The zero-order valence-corrected chi connectivity index (χ0v) is 13.4. The Labute approximate surface area is 131 Å². The molecule has 0 saturated heterocycles. The van der Waals surface area contributed by atoms with Crippen molar-refractivity contribution in [1.82, 2.24) is 5.32 Å². The quantitative estimate of drug-likeness (QED) is 0.813. The van der Waals surface area contributed by atoms with Crippen LogP contribution < -0.4 is 14.8 Å². The van der Waals surface area contributed by atoms with E-state index in [4.69, 9.17) is 21.1 Å². The van der Waals surface area contributed by atoms with Crippen LogP contribution in [-0.2, 0) is 6.54 Å². The Kier molecular flexibility index (Phi) is 6.15. The topological polar surface area (TPSA) is 50.7 Å². The fourth-order valence-electron chi connectivity index (χ4n) is 3.10. The number of methoxy groups -OCH3 is 2. The molecule has 0 radical (unpaired) electrons. The number of aliphatic hydroxyl groups excluding tert-OH is 1. The van der Waals surface area contributed by atoms with Crippen LogP contribution in [0.25, 0.3) is 0 Å². The fraction of sp³-hybridized carbons (Fsp3) is 0.625. The van der Waals surface area contributed by atoms with Crippen LogP contribution in [0.5, 0.6) is 11.5 Å². The van der Waals surface area contributed by atoms with Crippen LogP contribution in [0.1, 0.15) is 24.8 Å². The van der Waals surface area contributed by atoms with Gasteiger partial charge in [-0.15, -0.1) is 0 Å². The zero-order valence-electron chi connectivity index (χ0n) is 12.7. The first-order valence-electron chi connectivity index (χ1n) is 7.41. The van der Waals surface area contributed by atoms with Gasteiger partial charge >= 0.3 is 0 Å². The fourth-order valence-corrected chi connectivity index (χ4v) is 3.41. The van der Waals surface area contributed by atoms with Crippen LogP contribution in [0.15, 0.2) is 12.1 Å². The Hall–Kier alpha value is -0.970. The van der Waals surface area contributed by atoms with Gasteiger partial charge in [-0.1, -0.05) is 18.0 Å². The van der Waals surface area contributed by atoms with Crippen LogP contribution in [-0.4, -0.2) is 32.5 Å². The maximum atomic E-state index is 9.34. The molecule has 0 spiro atoms. The van der Waals surface area contributed by atoms with Crippen molar-refractivity contribution in [3.05, 3.63) is 22.7 Å². The second-order valence-electron chi connectivity index (χ2n) is 5.58. The molecular weight excluding hydrogens is 290 g/mol. The lowest BCUT2D eigenvalue weighted by Crippen LogP contribution is -2.26. The molecule has 1 aromatic carbocycles. The van der Waals surface area contributed by atoms with E-state index in [9.17, 15) is 5.11 Å². The molecule has 2 atom stereocenters. The van der Waals surface area contributed by atoms with Gasteiger partial charge in [0.1, 0.15) is 0 Å². The minimum atomic E-state index is 0.300. The van der Waals surface area contributed by atoms with Crippen molar-refractivity contribution in [2.45, 2.75) is 25.8 Å².